The molecular weight excluding hydrogens is 462 g/mol. The second-order valence-corrected chi connectivity index (χ2v) is 9.36. The van der Waals surface area contributed by atoms with Crippen LogP contribution in [0.4, 0.5) is 11.4 Å². The molecule has 0 radical (unpaired) electrons. The number of nitrogens with one attached hydrogen (secondary N) is 1. The van der Waals surface area contributed by atoms with E-state index in [1.54, 1.807) is 0 Å². The van der Waals surface area contributed by atoms with Crippen LogP contribution in [0.15, 0.2) is 47.4 Å². The van der Waals surface area contributed by atoms with Crippen molar-refractivity contribution in [1.29, 1.82) is 0 Å². The topological polar surface area (TPSA) is 136 Å². The molecule has 2 aromatic rings. The third-order valence-corrected chi connectivity index (χ3v) is 7.16. The van der Waals surface area contributed by atoms with Crippen LogP contribution in [0.25, 0.3) is 0 Å². The smallest absolute Gasteiger partial charge is 0.338 e. The molecule has 1 fully saturated rings. The molecule has 0 aromatic heterocycles. The van der Waals surface area contributed by atoms with Crippen molar-refractivity contribution in [3.05, 3.63) is 63.2 Å². The van der Waals surface area contributed by atoms with Crippen LogP contribution < -0.4 is 5.32 Å². The van der Waals surface area contributed by atoms with Crippen molar-refractivity contribution in [3.8, 4) is 0 Å². The Kier molecular flexibility index (Phi) is 7.44. The zero-order valence-electron chi connectivity index (χ0n) is 16.8. The van der Waals surface area contributed by atoms with E-state index in [1.165, 1.54) is 34.6 Å². The lowest BCUT2D eigenvalue weighted by Crippen LogP contribution is -2.35. The Morgan fingerprint density at radius 2 is 1.84 bits per heavy atom. The second-order valence-electron chi connectivity index (χ2n) is 7.04. The van der Waals surface area contributed by atoms with E-state index in [4.69, 9.17) is 16.3 Å². The van der Waals surface area contributed by atoms with E-state index < -0.39 is 33.4 Å². The number of esters is 1. The highest BCUT2D eigenvalue weighted by Gasteiger charge is 2.29. The molecule has 0 aliphatic carbocycles. The van der Waals surface area contributed by atoms with Gasteiger partial charge in [-0.2, -0.15) is 4.31 Å². The fourth-order valence-corrected chi connectivity index (χ4v) is 5.20. The predicted octanol–water partition coefficient (Wildman–Crippen LogP) is 3.22. The molecule has 3 rings (SSSR count). The first kappa shape index (κ1) is 23.6. The number of anilines is 1. The number of nitro benzene ring substituents is 1. The highest BCUT2D eigenvalue weighted by molar-refractivity contribution is 7.89. The van der Waals surface area contributed by atoms with Gasteiger partial charge in [0.05, 0.1) is 15.5 Å². The maximum atomic E-state index is 12.9. The molecule has 0 atom stereocenters. The number of carbonyl (C=O) groups excluding carboxylic acids is 2. The first-order valence-electron chi connectivity index (χ1n) is 9.69. The molecule has 1 aliphatic rings. The van der Waals surface area contributed by atoms with Gasteiger partial charge in [-0.25, -0.2) is 13.2 Å². The van der Waals surface area contributed by atoms with Gasteiger partial charge >= 0.3 is 5.97 Å². The summed E-state index contributed by atoms with van der Waals surface area (Å²) in [4.78, 5) is 34.4. The van der Waals surface area contributed by atoms with Gasteiger partial charge < -0.3 is 10.1 Å². The minimum Gasteiger partial charge on any atom is -0.452 e. The molecule has 32 heavy (non-hydrogen) atoms. The summed E-state index contributed by atoms with van der Waals surface area (Å²) in [5, 5.41) is 13.2. The van der Waals surface area contributed by atoms with Crippen LogP contribution in [-0.4, -0.2) is 49.2 Å². The van der Waals surface area contributed by atoms with Crippen molar-refractivity contribution in [3.63, 3.8) is 0 Å². The summed E-state index contributed by atoms with van der Waals surface area (Å²) < 4.78 is 32.1. The maximum absolute atomic E-state index is 12.9. The number of hydrogen-bond acceptors (Lipinski definition) is 7. The summed E-state index contributed by atoms with van der Waals surface area (Å²) in [7, 11) is -3.87. The summed E-state index contributed by atoms with van der Waals surface area (Å²) >= 11 is 6.09. The van der Waals surface area contributed by atoms with Crippen molar-refractivity contribution in [2.24, 2.45) is 0 Å². The molecule has 1 aliphatic heterocycles. The van der Waals surface area contributed by atoms with Crippen LogP contribution in [0.5, 0.6) is 0 Å². The normalized spacial score (nSPS) is 14.5. The fraction of sp³-hybridized carbons (Fsp3) is 0.300. The van der Waals surface area contributed by atoms with Gasteiger partial charge in [0.25, 0.3) is 11.6 Å². The Labute approximate surface area is 189 Å². The lowest BCUT2D eigenvalue weighted by atomic mass is 10.2. The van der Waals surface area contributed by atoms with Crippen molar-refractivity contribution in [2.45, 2.75) is 24.2 Å². The van der Waals surface area contributed by atoms with Crippen LogP contribution in [0.1, 0.15) is 29.6 Å². The van der Waals surface area contributed by atoms with Gasteiger partial charge in [-0.05, 0) is 37.1 Å². The van der Waals surface area contributed by atoms with Crippen molar-refractivity contribution >= 4 is 44.9 Å². The number of piperidine rings is 1. The van der Waals surface area contributed by atoms with E-state index >= 15 is 0 Å². The molecule has 0 bridgehead atoms. The molecule has 12 heteroatoms. The molecule has 1 saturated heterocycles. The predicted molar refractivity (Wildman–Crippen MR) is 116 cm³/mol. The van der Waals surface area contributed by atoms with E-state index in [0.717, 1.165) is 31.4 Å². The van der Waals surface area contributed by atoms with Crippen LogP contribution in [0.3, 0.4) is 0 Å². The standard InChI is InChI=1S/C20H20ClN3O7S/c21-17-8-7-14(11-18(17)32(29,30)23-9-2-1-3-10-23)20(26)31-13-19(25)22-15-5-4-6-16(12-15)24(27)28/h4-8,11-12H,1-3,9-10,13H2,(H,22,25). The Hall–Kier alpha value is -3.02. The number of halogens is 1. The molecule has 0 saturated carbocycles. The first-order chi connectivity index (χ1) is 15.2. The van der Waals surface area contributed by atoms with Crippen molar-refractivity contribution < 1.29 is 27.7 Å². The SMILES string of the molecule is O=C(COC(=O)c1ccc(Cl)c(S(=O)(=O)N2CCCCC2)c1)Nc1cccc([N+](=O)[O-])c1. The van der Waals surface area contributed by atoms with Crippen LogP contribution >= 0.6 is 11.6 Å². The zero-order valence-corrected chi connectivity index (χ0v) is 18.4. The van der Waals surface area contributed by atoms with Crippen molar-refractivity contribution in [1.82, 2.24) is 4.31 Å². The highest BCUT2D eigenvalue weighted by atomic mass is 35.5. The molecule has 170 valence electrons. The van der Waals surface area contributed by atoms with E-state index in [-0.39, 0.29) is 26.9 Å². The Morgan fingerprint density at radius 1 is 1.12 bits per heavy atom. The summed E-state index contributed by atoms with van der Waals surface area (Å²) in [6.07, 6.45) is 2.45. The summed E-state index contributed by atoms with van der Waals surface area (Å²) in [6.45, 7) is 0.0919. The fourth-order valence-electron chi connectivity index (χ4n) is 3.18. The number of carbonyl (C=O) groups is 2. The van der Waals surface area contributed by atoms with Gasteiger partial charge in [-0.1, -0.05) is 24.1 Å². The first-order valence-corrected chi connectivity index (χ1v) is 11.5. The van der Waals surface area contributed by atoms with Crippen LogP contribution in [0, 0.1) is 10.1 Å². The van der Waals surface area contributed by atoms with Gasteiger partial charge in [0.1, 0.15) is 4.90 Å². The van der Waals surface area contributed by atoms with Gasteiger partial charge in [-0.15, -0.1) is 0 Å². The monoisotopic (exact) mass is 481 g/mol. The molecule has 2 aromatic carbocycles. The number of rotatable bonds is 7. The summed E-state index contributed by atoms with van der Waals surface area (Å²) in [6, 6.07) is 9.01. The van der Waals surface area contributed by atoms with Gasteiger partial charge in [0.15, 0.2) is 6.61 Å². The van der Waals surface area contributed by atoms with E-state index in [1.807, 2.05) is 0 Å². The largest absolute Gasteiger partial charge is 0.452 e. The third-order valence-electron chi connectivity index (χ3n) is 4.77. The third kappa shape index (κ3) is 5.61. The molecular formula is C20H20ClN3O7S. The Balaban J connectivity index is 1.66. The van der Waals surface area contributed by atoms with Crippen LogP contribution in [-0.2, 0) is 19.6 Å². The molecule has 0 unspecified atom stereocenters. The maximum Gasteiger partial charge on any atom is 0.338 e. The van der Waals surface area contributed by atoms with Gasteiger partial charge in [0.2, 0.25) is 10.0 Å². The Morgan fingerprint density at radius 3 is 2.53 bits per heavy atom. The average molecular weight is 482 g/mol. The van der Waals surface area contributed by atoms with E-state index in [0.29, 0.717) is 13.1 Å². The number of benzene rings is 2. The molecule has 1 N–H and O–H groups in total. The summed E-state index contributed by atoms with van der Waals surface area (Å²) in [5.41, 5.74) is -0.113. The lowest BCUT2D eigenvalue weighted by Gasteiger charge is -2.26. The van der Waals surface area contributed by atoms with Crippen LogP contribution in [0.2, 0.25) is 5.02 Å². The molecule has 10 nitrogen and oxygen atoms in total. The van der Waals surface area contributed by atoms with Gasteiger partial charge in [-0.3, -0.25) is 14.9 Å². The van der Waals surface area contributed by atoms with E-state index in [2.05, 4.69) is 5.32 Å². The number of amides is 1. The van der Waals surface area contributed by atoms with Gasteiger partial charge in [0, 0.05) is 30.9 Å². The number of sulfonamides is 1. The second kappa shape index (κ2) is 10.1. The number of non-ortho nitro benzene ring substituents is 1. The zero-order chi connectivity index (χ0) is 23.3. The minimum absolute atomic E-state index is 0.0180. The quantitative estimate of drug-likeness (QED) is 0.364. The van der Waals surface area contributed by atoms with E-state index in [9.17, 15) is 28.1 Å². The molecule has 1 amide bonds. The number of hydrogen-bond donors (Lipinski definition) is 1. The number of nitro groups is 1. The number of ether oxygens (including phenoxy) is 1. The van der Waals surface area contributed by atoms with Crippen molar-refractivity contribution in [2.75, 3.05) is 25.0 Å². The Bertz CT molecular complexity index is 1150. The molecule has 0 spiro atoms. The average Bonchev–Trinajstić information content (AvgIpc) is 2.78. The summed E-state index contributed by atoms with van der Waals surface area (Å²) in [5.74, 6) is -1.63. The minimum atomic E-state index is -3.87. The highest BCUT2D eigenvalue weighted by Crippen LogP contribution is 2.28. The molecule has 1 heterocycles. The number of nitrogens with zero attached hydrogens (tertiary/aromatic N) is 2. The lowest BCUT2D eigenvalue weighted by molar-refractivity contribution is -0.384.